The maximum Gasteiger partial charge on any atom is 0.310 e. The third-order valence-electron chi connectivity index (χ3n) is 4.28. The number of aryl methyl sites for hydroxylation is 1. The third kappa shape index (κ3) is 2.68. The first-order valence-electron chi connectivity index (χ1n) is 7.22. The van der Waals surface area contributed by atoms with Crippen LogP contribution in [-0.4, -0.2) is 21.2 Å². The zero-order chi connectivity index (χ0) is 14.9. The van der Waals surface area contributed by atoms with Crippen LogP contribution in [0, 0.1) is 12.3 Å². The highest BCUT2D eigenvalue weighted by molar-refractivity contribution is 5.75. The molecule has 0 unspecified atom stereocenters. The maximum absolute atomic E-state index is 11.6. The fraction of sp³-hybridized carbons (Fsp3) is 0.438. The normalized spacial score (nSPS) is 17.0. The second kappa shape index (κ2) is 5.31. The van der Waals surface area contributed by atoms with Gasteiger partial charge in [-0.1, -0.05) is 47.8 Å². The lowest BCUT2D eigenvalue weighted by molar-refractivity contribution is -0.148. The van der Waals surface area contributed by atoms with Gasteiger partial charge in [-0.3, -0.25) is 4.79 Å². The summed E-state index contributed by atoms with van der Waals surface area (Å²) in [5, 5.41) is 13.5. The maximum atomic E-state index is 11.6. The number of hydrogen-bond acceptors (Lipinski definition) is 4. The van der Waals surface area contributed by atoms with Crippen molar-refractivity contribution < 1.29 is 14.4 Å². The molecule has 1 aliphatic rings. The molecule has 110 valence electrons. The van der Waals surface area contributed by atoms with Crippen molar-refractivity contribution in [1.29, 1.82) is 0 Å². The molecule has 3 rings (SSSR count). The minimum atomic E-state index is -0.755. The molecule has 5 nitrogen and oxygen atoms in total. The van der Waals surface area contributed by atoms with Gasteiger partial charge in [0.15, 0.2) is 0 Å². The predicted molar refractivity (Wildman–Crippen MR) is 76.7 cm³/mol. The molecule has 2 aromatic rings. The highest BCUT2D eigenvalue weighted by atomic mass is 16.5. The van der Waals surface area contributed by atoms with Crippen molar-refractivity contribution in [1.82, 2.24) is 10.1 Å². The number of carbonyl (C=O) groups is 1. The van der Waals surface area contributed by atoms with Crippen molar-refractivity contribution in [3.63, 3.8) is 0 Å². The minimum absolute atomic E-state index is 0.321. The number of aromatic nitrogens is 2. The van der Waals surface area contributed by atoms with Crippen LogP contribution in [-0.2, 0) is 11.2 Å². The highest BCUT2D eigenvalue weighted by Crippen LogP contribution is 2.41. The molecule has 1 heterocycles. The van der Waals surface area contributed by atoms with Crippen LogP contribution in [0.15, 0.2) is 28.8 Å². The van der Waals surface area contributed by atoms with Gasteiger partial charge in [-0.25, -0.2) is 0 Å². The van der Waals surface area contributed by atoms with E-state index in [2.05, 4.69) is 10.1 Å². The van der Waals surface area contributed by atoms with Crippen LogP contribution in [0.25, 0.3) is 11.4 Å². The fourth-order valence-corrected chi connectivity index (χ4v) is 2.95. The predicted octanol–water partition coefficient (Wildman–Crippen LogP) is 3.23. The van der Waals surface area contributed by atoms with E-state index in [9.17, 15) is 9.90 Å². The van der Waals surface area contributed by atoms with Gasteiger partial charge in [-0.05, 0) is 19.8 Å². The number of carboxylic acid groups (broad SMARTS) is 1. The Hall–Kier alpha value is -2.17. The summed E-state index contributed by atoms with van der Waals surface area (Å²) >= 11 is 0. The third-order valence-corrected chi connectivity index (χ3v) is 4.28. The van der Waals surface area contributed by atoms with Crippen LogP contribution in [0.1, 0.15) is 37.1 Å². The molecule has 0 radical (unpaired) electrons. The molecule has 0 atom stereocenters. The summed E-state index contributed by atoms with van der Waals surface area (Å²) in [7, 11) is 0. The van der Waals surface area contributed by atoms with Crippen LogP contribution in [0.2, 0.25) is 0 Å². The van der Waals surface area contributed by atoms with Gasteiger partial charge in [-0.2, -0.15) is 4.98 Å². The molecule has 1 N–H and O–H groups in total. The second-order valence-corrected chi connectivity index (χ2v) is 5.85. The van der Waals surface area contributed by atoms with Crippen molar-refractivity contribution >= 4 is 5.97 Å². The van der Waals surface area contributed by atoms with Crippen molar-refractivity contribution in [3.8, 4) is 11.4 Å². The Morgan fingerprint density at radius 3 is 2.57 bits per heavy atom. The highest BCUT2D eigenvalue weighted by Gasteiger charge is 2.42. The van der Waals surface area contributed by atoms with Crippen molar-refractivity contribution in [3.05, 3.63) is 35.7 Å². The van der Waals surface area contributed by atoms with E-state index in [0.717, 1.165) is 18.4 Å². The Labute approximate surface area is 123 Å². The molecule has 1 aliphatic carbocycles. The minimum Gasteiger partial charge on any atom is -0.481 e. The monoisotopic (exact) mass is 286 g/mol. The Morgan fingerprint density at radius 2 is 1.95 bits per heavy atom. The quantitative estimate of drug-likeness (QED) is 0.933. The first-order valence-corrected chi connectivity index (χ1v) is 7.22. The van der Waals surface area contributed by atoms with Crippen LogP contribution in [0.3, 0.4) is 0 Å². The summed E-state index contributed by atoms with van der Waals surface area (Å²) in [6.45, 7) is 2.02. The lowest BCUT2D eigenvalue weighted by Gasteiger charge is -2.21. The topological polar surface area (TPSA) is 76.2 Å². The summed E-state index contributed by atoms with van der Waals surface area (Å²) in [5.74, 6) is 0.175. The van der Waals surface area contributed by atoms with Crippen molar-refractivity contribution in [2.75, 3.05) is 0 Å². The molecule has 1 saturated carbocycles. The Balaban J connectivity index is 1.82. The summed E-state index contributed by atoms with van der Waals surface area (Å²) in [4.78, 5) is 15.9. The van der Waals surface area contributed by atoms with Gasteiger partial charge in [0.1, 0.15) is 0 Å². The van der Waals surface area contributed by atoms with E-state index in [4.69, 9.17) is 4.52 Å². The van der Waals surface area contributed by atoms with Crippen LogP contribution in [0.5, 0.6) is 0 Å². The molecular formula is C16H18N2O3. The van der Waals surface area contributed by atoms with E-state index in [0.29, 0.717) is 31.0 Å². The zero-order valence-electron chi connectivity index (χ0n) is 12.0. The lowest BCUT2D eigenvalue weighted by atomic mass is 9.83. The number of nitrogens with zero attached hydrogens (tertiary/aromatic N) is 2. The molecule has 0 spiro atoms. The number of aliphatic carboxylic acids is 1. The lowest BCUT2D eigenvalue weighted by Crippen LogP contribution is -2.30. The molecule has 1 aromatic heterocycles. The van der Waals surface area contributed by atoms with E-state index >= 15 is 0 Å². The Morgan fingerprint density at radius 1 is 1.29 bits per heavy atom. The molecule has 0 aliphatic heterocycles. The molecule has 0 amide bonds. The molecule has 1 fully saturated rings. The molecule has 1 aromatic carbocycles. The van der Waals surface area contributed by atoms with Gasteiger partial charge in [0, 0.05) is 12.0 Å². The standard InChI is InChI=1S/C16H18N2O3/c1-11-4-6-12(7-5-11)14-17-13(21-18-14)10-16(15(19)20)8-2-3-9-16/h4-7H,2-3,8-10H2,1H3,(H,19,20). The van der Waals surface area contributed by atoms with Crippen LogP contribution >= 0.6 is 0 Å². The number of hydrogen-bond donors (Lipinski definition) is 1. The van der Waals surface area contributed by atoms with Gasteiger partial charge in [0.05, 0.1) is 5.41 Å². The first-order chi connectivity index (χ1) is 10.1. The van der Waals surface area contributed by atoms with E-state index in [1.54, 1.807) is 0 Å². The first kappa shape index (κ1) is 13.8. The SMILES string of the molecule is Cc1ccc(-c2noc(CC3(C(=O)O)CCCC3)n2)cc1. The molecular weight excluding hydrogens is 268 g/mol. The summed E-state index contributed by atoms with van der Waals surface area (Å²) < 4.78 is 5.26. The van der Waals surface area contributed by atoms with E-state index in [-0.39, 0.29) is 0 Å². The van der Waals surface area contributed by atoms with Gasteiger partial charge < -0.3 is 9.63 Å². The largest absolute Gasteiger partial charge is 0.481 e. The molecule has 21 heavy (non-hydrogen) atoms. The molecule has 0 bridgehead atoms. The average Bonchev–Trinajstić information content (AvgIpc) is 3.10. The number of carboxylic acids is 1. The molecule has 5 heteroatoms. The van der Waals surface area contributed by atoms with Gasteiger partial charge in [-0.15, -0.1) is 0 Å². The van der Waals surface area contributed by atoms with E-state index < -0.39 is 11.4 Å². The average molecular weight is 286 g/mol. The summed E-state index contributed by atoms with van der Waals surface area (Å²) in [6.07, 6.45) is 3.59. The summed E-state index contributed by atoms with van der Waals surface area (Å²) in [6, 6.07) is 7.85. The Kier molecular flexibility index (Phi) is 3.49. The van der Waals surface area contributed by atoms with E-state index in [1.807, 2.05) is 31.2 Å². The second-order valence-electron chi connectivity index (χ2n) is 5.85. The van der Waals surface area contributed by atoms with Gasteiger partial charge >= 0.3 is 5.97 Å². The van der Waals surface area contributed by atoms with Crippen LogP contribution < -0.4 is 0 Å². The number of rotatable bonds is 4. The Bertz CT molecular complexity index is 640. The van der Waals surface area contributed by atoms with Crippen molar-refractivity contribution in [2.24, 2.45) is 5.41 Å². The smallest absolute Gasteiger partial charge is 0.310 e. The molecule has 0 saturated heterocycles. The zero-order valence-corrected chi connectivity index (χ0v) is 12.0. The van der Waals surface area contributed by atoms with Gasteiger partial charge in [0.2, 0.25) is 11.7 Å². The van der Waals surface area contributed by atoms with Gasteiger partial charge in [0.25, 0.3) is 0 Å². The number of benzene rings is 1. The fourth-order valence-electron chi connectivity index (χ4n) is 2.95. The van der Waals surface area contributed by atoms with Crippen molar-refractivity contribution in [2.45, 2.75) is 39.0 Å². The van der Waals surface area contributed by atoms with E-state index in [1.165, 1.54) is 5.56 Å². The van der Waals surface area contributed by atoms with Crippen LogP contribution in [0.4, 0.5) is 0 Å². The summed E-state index contributed by atoms with van der Waals surface area (Å²) in [5.41, 5.74) is 1.32.